The molecule has 0 heterocycles. The van der Waals surface area contributed by atoms with E-state index in [2.05, 4.69) is 0 Å². The largest absolute Gasteiger partial charge is 0.466 e. The number of ether oxygens (including phenoxy) is 1. The molecule has 1 radical (unpaired) electrons. The van der Waals surface area contributed by atoms with Crippen LogP contribution in [0, 0.1) is 0 Å². The van der Waals surface area contributed by atoms with Crippen LogP contribution in [-0.4, -0.2) is 12.6 Å². The predicted octanol–water partition coefficient (Wildman–Crippen LogP) is 3.50. The monoisotopic (exact) mass is 235 g/mol. The molecule has 3 heteroatoms. The lowest BCUT2D eigenvalue weighted by molar-refractivity contribution is -0.143. The van der Waals surface area contributed by atoms with E-state index in [-0.39, 0.29) is 11.7 Å². The minimum atomic E-state index is -0.108. The van der Waals surface area contributed by atoms with E-state index in [1.807, 2.05) is 19.1 Å². The van der Waals surface area contributed by atoms with Crippen molar-refractivity contribution < 1.29 is 14.6 Å². The molecule has 0 saturated heterocycles. The molecule has 0 aliphatic rings. The molecule has 0 aliphatic carbocycles. The maximum atomic E-state index is 11.1. The van der Waals surface area contributed by atoms with E-state index < -0.39 is 0 Å². The highest BCUT2D eigenvalue weighted by Crippen LogP contribution is 2.13. The Bertz CT molecular complexity index is 330. The summed E-state index contributed by atoms with van der Waals surface area (Å²) in [6, 6.07) is 6.92. The van der Waals surface area contributed by atoms with E-state index >= 15 is 0 Å². The fourth-order valence-corrected chi connectivity index (χ4v) is 1.66. The molecule has 1 rings (SSSR count). The van der Waals surface area contributed by atoms with Crippen molar-refractivity contribution in [2.45, 2.75) is 39.0 Å². The van der Waals surface area contributed by atoms with E-state index in [4.69, 9.17) is 4.74 Å². The van der Waals surface area contributed by atoms with E-state index in [1.165, 1.54) is 5.56 Å². The van der Waals surface area contributed by atoms with Crippen LogP contribution < -0.4 is 0 Å². The average Bonchev–Trinajstić information content (AvgIpc) is 2.31. The Morgan fingerprint density at radius 1 is 1.12 bits per heavy atom. The summed E-state index contributed by atoms with van der Waals surface area (Å²) in [6.07, 6.45) is 4.39. The van der Waals surface area contributed by atoms with Crippen molar-refractivity contribution >= 4 is 5.97 Å². The molecular formula is C14H19O3. The lowest BCUT2D eigenvalue weighted by Crippen LogP contribution is -2.03. The summed E-state index contributed by atoms with van der Waals surface area (Å²) < 4.78 is 4.85. The molecule has 0 unspecified atom stereocenters. The van der Waals surface area contributed by atoms with Crippen LogP contribution >= 0.6 is 0 Å². The lowest BCUT2D eigenvalue weighted by atomic mass is 10.1. The molecule has 0 saturated carbocycles. The quantitative estimate of drug-likeness (QED) is 0.536. The van der Waals surface area contributed by atoms with Gasteiger partial charge in [-0.2, -0.15) is 0 Å². The molecule has 93 valence electrons. The zero-order valence-corrected chi connectivity index (χ0v) is 10.3. The van der Waals surface area contributed by atoms with E-state index in [0.717, 1.165) is 25.7 Å². The van der Waals surface area contributed by atoms with Gasteiger partial charge >= 0.3 is 5.97 Å². The number of benzene rings is 1. The molecule has 1 aromatic rings. The molecule has 0 aromatic heterocycles. The molecule has 1 aromatic carbocycles. The number of unbranched alkanes of at least 4 members (excludes halogenated alkanes) is 2. The zero-order chi connectivity index (χ0) is 12.5. The first-order chi connectivity index (χ1) is 8.22. The van der Waals surface area contributed by atoms with Crippen molar-refractivity contribution in [1.29, 1.82) is 0 Å². The zero-order valence-electron chi connectivity index (χ0n) is 10.3. The Labute approximate surface area is 102 Å². The van der Waals surface area contributed by atoms with Crippen LogP contribution in [0.5, 0.6) is 5.75 Å². The topological polar surface area (TPSA) is 46.2 Å². The van der Waals surface area contributed by atoms with Crippen LogP contribution in [0.3, 0.4) is 0 Å². The number of carbonyl (C=O) groups excluding carboxylic acids is 1. The van der Waals surface area contributed by atoms with Gasteiger partial charge in [-0.05, 0) is 43.9 Å². The van der Waals surface area contributed by atoms with Crippen LogP contribution in [0.25, 0.3) is 0 Å². The third-order valence-corrected chi connectivity index (χ3v) is 2.58. The van der Waals surface area contributed by atoms with Gasteiger partial charge in [0, 0.05) is 6.42 Å². The third kappa shape index (κ3) is 5.95. The summed E-state index contributed by atoms with van der Waals surface area (Å²) in [5.74, 6) is -0.0562. The number of esters is 1. The number of hydrogen-bond acceptors (Lipinski definition) is 2. The second-order valence-electron chi connectivity index (χ2n) is 4.01. The number of carbonyl (C=O) groups is 1. The molecular weight excluding hydrogens is 216 g/mol. The van der Waals surface area contributed by atoms with Gasteiger partial charge in [0.25, 0.3) is 0 Å². The van der Waals surface area contributed by atoms with Gasteiger partial charge in [-0.3, -0.25) is 9.90 Å². The summed E-state index contributed by atoms with van der Waals surface area (Å²) in [4.78, 5) is 11.1. The fraction of sp³-hybridized carbons (Fsp3) is 0.500. The van der Waals surface area contributed by atoms with Gasteiger partial charge in [0.2, 0.25) is 0 Å². The van der Waals surface area contributed by atoms with Crippen molar-refractivity contribution in [3.8, 4) is 5.75 Å². The molecule has 3 nitrogen and oxygen atoms in total. The second-order valence-corrected chi connectivity index (χ2v) is 4.01. The molecule has 0 bridgehead atoms. The minimum Gasteiger partial charge on any atom is -0.466 e. The van der Waals surface area contributed by atoms with Crippen LogP contribution in [0.4, 0.5) is 0 Å². The average molecular weight is 235 g/mol. The lowest BCUT2D eigenvalue weighted by Gasteiger charge is -2.02. The summed E-state index contributed by atoms with van der Waals surface area (Å²) in [7, 11) is 0. The SMILES string of the molecule is CCOC(=O)CCCCCc1ccc([O])cc1. The van der Waals surface area contributed by atoms with Gasteiger partial charge in [-0.15, -0.1) is 0 Å². The predicted molar refractivity (Wildman–Crippen MR) is 65.4 cm³/mol. The number of rotatable bonds is 7. The summed E-state index contributed by atoms with van der Waals surface area (Å²) in [5, 5.41) is 10.9. The molecule has 0 N–H and O–H groups in total. The van der Waals surface area contributed by atoms with Gasteiger partial charge in [0.15, 0.2) is 5.75 Å². The van der Waals surface area contributed by atoms with Crippen molar-refractivity contribution in [3.63, 3.8) is 0 Å². The third-order valence-electron chi connectivity index (χ3n) is 2.58. The van der Waals surface area contributed by atoms with Gasteiger partial charge in [0.1, 0.15) is 0 Å². The fourth-order valence-electron chi connectivity index (χ4n) is 1.66. The van der Waals surface area contributed by atoms with Crippen LogP contribution in [0.1, 0.15) is 38.2 Å². The highest BCUT2D eigenvalue weighted by molar-refractivity contribution is 5.69. The Hall–Kier alpha value is -1.51. The van der Waals surface area contributed by atoms with Crippen LogP contribution in [0.15, 0.2) is 24.3 Å². The Morgan fingerprint density at radius 2 is 1.82 bits per heavy atom. The highest BCUT2D eigenvalue weighted by atomic mass is 16.5. The van der Waals surface area contributed by atoms with Gasteiger partial charge in [-0.1, -0.05) is 18.6 Å². The first-order valence-corrected chi connectivity index (χ1v) is 6.14. The standard InChI is InChI=1S/C14H19O3/c1-2-17-14(16)7-5-3-4-6-12-8-10-13(15)11-9-12/h8-11H,2-7H2,1H3. The van der Waals surface area contributed by atoms with Crippen molar-refractivity contribution in [1.82, 2.24) is 0 Å². The molecule has 0 atom stereocenters. The first-order valence-electron chi connectivity index (χ1n) is 6.14. The summed E-state index contributed by atoms with van der Waals surface area (Å²) >= 11 is 0. The van der Waals surface area contributed by atoms with Gasteiger partial charge < -0.3 is 4.74 Å². The number of hydrogen-bond donors (Lipinski definition) is 0. The Kier molecular flexibility index (Phi) is 6.15. The summed E-state index contributed by atoms with van der Waals surface area (Å²) in [5.41, 5.74) is 1.18. The molecule has 0 aliphatic heterocycles. The van der Waals surface area contributed by atoms with Crippen molar-refractivity contribution in [2.24, 2.45) is 0 Å². The van der Waals surface area contributed by atoms with Gasteiger partial charge in [-0.25, -0.2) is 0 Å². The van der Waals surface area contributed by atoms with Crippen molar-refractivity contribution in [3.05, 3.63) is 29.8 Å². The Balaban J connectivity index is 2.08. The minimum absolute atomic E-state index is 0.0519. The van der Waals surface area contributed by atoms with E-state index in [0.29, 0.717) is 13.0 Å². The maximum Gasteiger partial charge on any atom is 0.305 e. The molecule has 0 amide bonds. The first kappa shape index (κ1) is 13.6. The smallest absolute Gasteiger partial charge is 0.305 e. The molecule has 17 heavy (non-hydrogen) atoms. The van der Waals surface area contributed by atoms with E-state index in [1.54, 1.807) is 12.1 Å². The van der Waals surface area contributed by atoms with Gasteiger partial charge in [0.05, 0.1) is 6.61 Å². The molecule has 0 spiro atoms. The van der Waals surface area contributed by atoms with E-state index in [9.17, 15) is 9.90 Å². The van der Waals surface area contributed by atoms with Crippen molar-refractivity contribution in [2.75, 3.05) is 6.61 Å². The maximum absolute atomic E-state index is 11.1. The molecule has 0 fully saturated rings. The number of aryl methyl sites for hydroxylation is 1. The Morgan fingerprint density at radius 3 is 2.47 bits per heavy atom. The van der Waals surface area contributed by atoms with Crippen LogP contribution in [-0.2, 0) is 21.1 Å². The highest BCUT2D eigenvalue weighted by Gasteiger charge is 2.01. The van der Waals surface area contributed by atoms with Crippen LogP contribution in [0.2, 0.25) is 0 Å². The normalized spacial score (nSPS) is 10.2. The second kappa shape index (κ2) is 7.71. The summed E-state index contributed by atoms with van der Waals surface area (Å²) in [6.45, 7) is 2.28.